The van der Waals surface area contributed by atoms with E-state index in [2.05, 4.69) is 0 Å². The highest BCUT2D eigenvalue weighted by molar-refractivity contribution is 6.33. The van der Waals surface area contributed by atoms with E-state index in [4.69, 9.17) is 27.8 Å². The number of ether oxygens (including phenoxy) is 1. The molecule has 0 saturated heterocycles. The Morgan fingerprint density at radius 3 is 2.48 bits per heavy atom. The number of carbonyl (C=O) groups excluding carboxylic acids is 1. The molecule has 0 spiro atoms. The maximum Gasteiger partial charge on any atom is 0.249 e. The Kier molecular flexibility index (Phi) is 6.52. The lowest BCUT2D eigenvalue weighted by Crippen LogP contribution is -2.14. The number of halogens is 2. The van der Waals surface area contributed by atoms with Gasteiger partial charge in [0.15, 0.2) is 11.6 Å². The number of nitrogens with two attached hydrogens (primary N) is 1. The highest BCUT2D eigenvalue weighted by atomic mass is 35.5. The number of nitrogens with one attached hydrogen (secondary N) is 1. The third-order valence-corrected chi connectivity index (χ3v) is 5.07. The second kappa shape index (κ2) is 9.07. The molecule has 6 heteroatoms. The molecule has 150 valence electrons. The topological polar surface area (TPSA) is 76.1 Å². The van der Waals surface area contributed by atoms with Crippen LogP contribution < -0.4 is 10.5 Å². The molecule has 0 fully saturated rings. The molecule has 0 heterocycles. The van der Waals surface area contributed by atoms with E-state index < -0.39 is 11.7 Å². The van der Waals surface area contributed by atoms with Crippen LogP contribution in [0.15, 0.2) is 60.7 Å². The monoisotopic (exact) mass is 411 g/mol. The van der Waals surface area contributed by atoms with Gasteiger partial charge in [-0.15, -0.1) is 6.54 Å². The van der Waals surface area contributed by atoms with E-state index in [0.717, 1.165) is 11.1 Å². The molecule has 3 N–H and O–H groups in total. The summed E-state index contributed by atoms with van der Waals surface area (Å²) in [6, 6.07) is 17.6. The Balaban J connectivity index is 2.21. The van der Waals surface area contributed by atoms with Crippen molar-refractivity contribution in [3.05, 3.63) is 93.9 Å². The first-order chi connectivity index (χ1) is 14.0. The molecule has 3 aromatic carbocycles. The number of hydrogen-bond donors (Lipinski definition) is 1. The Morgan fingerprint density at radius 1 is 1.14 bits per heavy atom. The molecule has 0 aliphatic rings. The number of hydrogen-bond acceptors (Lipinski definition) is 2. The zero-order valence-electron chi connectivity index (χ0n) is 15.9. The van der Waals surface area contributed by atoms with Gasteiger partial charge < -0.3 is 16.2 Å². The van der Waals surface area contributed by atoms with E-state index in [-0.39, 0.29) is 41.0 Å². The number of benzene rings is 3. The molecular weight excluding hydrogens is 391 g/mol. The standard InChI is InChI=1S/C23H21ClFN2O2/c1-2-29-20-11-9-16(23(27)28)21(22(20)25)17-12-15(8-10-19(17)24)18(13-26)14-6-4-3-5-7-14/h3-12,18,26H,2,13H2,1H3,(H2,27,28)/q-1. The Bertz CT molecular complexity index is 1020. The summed E-state index contributed by atoms with van der Waals surface area (Å²) in [5.41, 5.74) is 15.6. The summed E-state index contributed by atoms with van der Waals surface area (Å²) in [7, 11) is 0. The van der Waals surface area contributed by atoms with Crippen molar-refractivity contribution in [2.24, 2.45) is 5.73 Å². The number of carbonyl (C=O) groups is 1. The summed E-state index contributed by atoms with van der Waals surface area (Å²) in [5, 5.41) is 0.278. The fourth-order valence-electron chi connectivity index (χ4n) is 3.36. The molecule has 1 atom stereocenters. The Hall–Kier alpha value is -2.89. The van der Waals surface area contributed by atoms with Gasteiger partial charge in [-0.25, -0.2) is 4.39 Å². The van der Waals surface area contributed by atoms with Crippen molar-refractivity contribution < 1.29 is 13.9 Å². The minimum atomic E-state index is -0.761. The lowest BCUT2D eigenvalue weighted by molar-refractivity contribution is 0.100. The highest BCUT2D eigenvalue weighted by Crippen LogP contribution is 2.39. The van der Waals surface area contributed by atoms with Crippen LogP contribution in [0.3, 0.4) is 0 Å². The van der Waals surface area contributed by atoms with Crippen molar-refractivity contribution in [2.75, 3.05) is 13.2 Å². The first-order valence-electron chi connectivity index (χ1n) is 9.22. The lowest BCUT2D eigenvalue weighted by atomic mass is 9.88. The SMILES string of the molecule is CCOc1ccc(C(N)=O)c(-c2cc(C(C[NH-])c3ccccc3)ccc2Cl)c1F. The van der Waals surface area contributed by atoms with Crippen molar-refractivity contribution in [3.8, 4) is 16.9 Å². The summed E-state index contributed by atoms with van der Waals surface area (Å²) < 4.78 is 20.6. The predicted octanol–water partition coefficient (Wildman–Crippen LogP) is 5.83. The smallest absolute Gasteiger partial charge is 0.249 e. The van der Waals surface area contributed by atoms with E-state index in [1.165, 1.54) is 12.1 Å². The molecule has 3 aromatic rings. The maximum atomic E-state index is 15.3. The van der Waals surface area contributed by atoms with Crippen molar-refractivity contribution in [1.82, 2.24) is 0 Å². The zero-order chi connectivity index (χ0) is 21.0. The van der Waals surface area contributed by atoms with Crippen molar-refractivity contribution >= 4 is 17.5 Å². The molecule has 0 aliphatic heterocycles. The van der Waals surface area contributed by atoms with Crippen LogP contribution in [0.2, 0.25) is 5.02 Å². The molecule has 0 saturated carbocycles. The lowest BCUT2D eigenvalue weighted by Gasteiger charge is -2.22. The van der Waals surface area contributed by atoms with Crippen molar-refractivity contribution in [1.29, 1.82) is 0 Å². The van der Waals surface area contributed by atoms with Crippen LogP contribution in [0.4, 0.5) is 4.39 Å². The van der Waals surface area contributed by atoms with Crippen molar-refractivity contribution in [3.63, 3.8) is 0 Å². The van der Waals surface area contributed by atoms with Gasteiger partial charge in [0.1, 0.15) is 0 Å². The van der Waals surface area contributed by atoms with Crippen molar-refractivity contribution in [2.45, 2.75) is 12.8 Å². The normalized spacial score (nSPS) is 11.9. The van der Waals surface area contributed by atoms with Gasteiger partial charge >= 0.3 is 0 Å². The summed E-state index contributed by atoms with van der Waals surface area (Å²) in [5.74, 6) is -1.65. The third-order valence-electron chi connectivity index (χ3n) is 4.74. The molecule has 1 unspecified atom stereocenters. The summed E-state index contributed by atoms with van der Waals surface area (Å²) in [6.45, 7) is 2.12. The molecule has 0 aliphatic carbocycles. The number of rotatable bonds is 7. The van der Waals surface area contributed by atoms with Crippen LogP contribution in [0.5, 0.6) is 5.75 Å². The van der Waals surface area contributed by atoms with Gasteiger partial charge in [0.25, 0.3) is 0 Å². The Labute approximate surface area is 174 Å². The first kappa shape index (κ1) is 20.8. The Morgan fingerprint density at radius 2 is 1.86 bits per heavy atom. The molecule has 0 aromatic heterocycles. The fraction of sp³-hybridized carbons (Fsp3) is 0.174. The molecule has 4 nitrogen and oxygen atoms in total. The van der Waals surface area contributed by atoms with Gasteiger partial charge in [0.2, 0.25) is 5.91 Å². The average molecular weight is 412 g/mol. The summed E-state index contributed by atoms with van der Waals surface area (Å²) >= 11 is 6.40. The quantitative estimate of drug-likeness (QED) is 0.531. The summed E-state index contributed by atoms with van der Waals surface area (Å²) in [6.07, 6.45) is 0. The number of amides is 1. The van der Waals surface area contributed by atoms with E-state index in [9.17, 15) is 4.79 Å². The van der Waals surface area contributed by atoms with Crippen LogP contribution >= 0.6 is 11.6 Å². The van der Waals surface area contributed by atoms with E-state index in [1.807, 2.05) is 36.4 Å². The summed E-state index contributed by atoms with van der Waals surface area (Å²) in [4.78, 5) is 12.0. The molecule has 0 radical (unpaired) electrons. The van der Waals surface area contributed by atoms with Gasteiger partial charge in [-0.2, -0.15) is 0 Å². The third kappa shape index (κ3) is 4.26. The van der Waals surface area contributed by atoms with Crippen LogP contribution in [0, 0.1) is 5.82 Å². The minimum absolute atomic E-state index is 0.00657. The van der Waals surface area contributed by atoms with Gasteiger partial charge in [-0.3, -0.25) is 4.79 Å². The number of primary amides is 1. The predicted molar refractivity (Wildman–Crippen MR) is 114 cm³/mol. The van der Waals surface area contributed by atoms with Crippen LogP contribution in [0.1, 0.15) is 34.3 Å². The van der Waals surface area contributed by atoms with Gasteiger partial charge in [0.05, 0.1) is 12.2 Å². The molecule has 1 amide bonds. The van der Waals surface area contributed by atoms with E-state index in [0.29, 0.717) is 5.56 Å². The van der Waals surface area contributed by atoms with Crippen LogP contribution in [-0.4, -0.2) is 19.1 Å². The molecule has 0 bridgehead atoms. The van der Waals surface area contributed by atoms with Gasteiger partial charge in [-0.05, 0) is 48.2 Å². The highest BCUT2D eigenvalue weighted by Gasteiger charge is 2.22. The van der Waals surface area contributed by atoms with Gasteiger partial charge in [-0.1, -0.05) is 48.0 Å². The second-order valence-corrected chi connectivity index (χ2v) is 6.91. The largest absolute Gasteiger partial charge is 0.677 e. The van der Waals surface area contributed by atoms with E-state index in [1.54, 1.807) is 19.1 Å². The average Bonchev–Trinajstić information content (AvgIpc) is 2.72. The molecule has 29 heavy (non-hydrogen) atoms. The zero-order valence-corrected chi connectivity index (χ0v) is 16.7. The van der Waals surface area contributed by atoms with E-state index >= 15 is 4.39 Å². The van der Waals surface area contributed by atoms with Crippen LogP contribution in [-0.2, 0) is 0 Å². The molecule has 3 rings (SSSR count). The molecular formula is C23H21ClFN2O2-. The second-order valence-electron chi connectivity index (χ2n) is 6.50. The van der Waals surface area contributed by atoms with Crippen LogP contribution in [0.25, 0.3) is 16.9 Å². The first-order valence-corrected chi connectivity index (χ1v) is 9.60. The maximum absolute atomic E-state index is 15.3. The minimum Gasteiger partial charge on any atom is -0.677 e. The fourth-order valence-corrected chi connectivity index (χ4v) is 3.57. The van der Waals surface area contributed by atoms with Gasteiger partial charge in [0, 0.05) is 16.1 Å².